The molecule has 1 fully saturated rings. The molecule has 4 nitrogen and oxygen atoms in total. The number of likely N-dealkylation sites (tertiary alicyclic amines) is 1. The van der Waals surface area contributed by atoms with E-state index >= 15 is 0 Å². The van der Waals surface area contributed by atoms with Gasteiger partial charge in [-0.15, -0.1) is 0 Å². The number of hydrogen-bond donors (Lipinski definition) is 1. The number of nitrogens with zero attached hydrogens (tertiary/aromatic N) is 2. The van der Waals surface area contributed by atoms with Gasteiger partial charge in [0.25, 0.3) is 0 Å². The molecule has 4 heteroatoms. The normalized spacial score (nSPS) is 26.0. The molecule has 0 bridgehead atoms. The molecule has 21 heavy (non-hydrogen) atoms. The molecule has 1 heterocycles. The Morgan fingerprint density at radius 3 is 2.29 bits per heavy atom. The van der Waals surface area contributed by atoms with Crippen molar-refractivity contribution >= 4 is 0 Å². The topological polar surface area (TPSA) is 41.7 Å². The number of benzene rings is 1. The Morgan fingerprint density at radius 2 is 1.86 bits per heavy atom. The summed E-state index contributed by atoms with van der Waals surface area (Å²) < 4.78 is 5.25. The summed E-state index contributed by atoms with van der Waals surface area (Å²) in [6.07, 6.45) is 0. The lowest BCUT2D eigenvalue weighted by molar-refractivity contribution is 0.197. The summed E-state index contributed by atoms with van der Waals surface area (Å²) in [6.45, 7) is 6.60. The van der Waals surface area contributed by atoms with Crippen molar-refractivity contribution in [3.63, 3.8) is 0 Å². The van der Waals surface area contributed by atoms with Gasteiger partial charge in [0.15, 0.2) is 0 Å². The van der Waals surface area contributed by atoms with Gasteiger partial charge in [0.1, 0.15) is 5.75 Å². The number of nitrogens with two attached hydrogens (primary N) is 1. The largest absolute Gasteiger partial charge is 0.497 e. The van der Waals surface area contributed by atoms with Crippen LogP contribution in [0.4, 0.5) is 0 Å². The molecule has 1 saturated heterocycles. The molecule has 118 valence electrons. The van der Waals surface area contributed by atoms with E-state index in [0.717, 1.165) is 18.8 Å². The van der Waals surface area contributed by atoms with Crippen molar-refractivity contribution in [1.29, 1.82) is 0 Å². The predicted octanol–water partition coefficient (Wildman–Crippen LogP) is 1.97. The van der Waals surface area contributed by atoms with Crippen LogP contribution in [0, 0.1) is 5.92 Å². The Kier molecular flexibility index (Phi) is 5.25. The molecule has 0 radical (unpaired) electrons. The van der Waals surface area contributed by atoms with Gasteiger partial charge < -0.3 is 15.4 Å². The van der Waals surface area contributed by atoms with E-state index in [9.17, 15) is 0 Å². The molecule has 2 rings (SSSR count). The summed E-state index contributed by atoms with van der Waals surface area (Å²) in [5, 5.41) is 0. The fraction of sp³-hybridized carbons (Fsp3) is 0.647. The van der Waals surface area contributed by atoms with Crippen molar-refractivity contribution in [2.24, 2.45) is 11.7 Å². The molecule has 1 aliphatic rings. The van der Waals surface area contributed by atoms with E-state index in [1.54, 1.807) is 7.11 Å². The van der Waals surface area contributed by atoms with Gasteiger partial charge in [-0.1, -0.05) is 19.1 Å². The van der Waals surface area contributed by atoms with Gasteiger partial charge >= 0.3 is 0 Å². The highest BCUT2D eigenvalue weighted by atomic mass is 16.5. The summed E-state index contributed by atoms with van der Waals surface area (Å²) in [4.78, 5) is 4.86. The van der Waals surface area contributed by atoms with Crippen LogP contribution in [0.15, 0.2) is 24.3 Å². The first kappa shape index (κ1) is 16.3. The Hall–Kier alpha value is -1.10. The SMILES string of the molecule is COc1ccc(C(C(C)N)N2CC(C)C(N(C)C)C2)cc1. The fourth-order valence-corrected chi connectivity index (χ4v) is 3.53. The van der Waals surface area contributed by atoms with Crippen molar-refractivity contribution in [1.82, 2.24) is 9.80 Å². The van der Waals surface area contributed by atoms with E-state index in [1.165, 1.54) is 5.56 Å². The number of rotatable bonds is 5. The quantitative estimate of drug-likeness (QED) is 0.900. The lowest BCUT2D eigenvalue weighted by Gasteiger charge is -2.32. The third-order valence-electron chi connectivity index (χ3n) is 4.61. The standard InChI is InChI=1S/C17H29N3O/c1-12-10-20(11-16(12)19(3)4)17(13(2)18)14-6-8-15(21-5)9-7-14/h6-9,12-13,16-17H,10-11,18H2,1-5H3. The van der Waals surface area contributed by atoms with Crippen LogP contribution < -0.4 is 10.5 Å². The number of ether oxygens (including phenoxy) is 1. The van der Waals surface area contributed by atoms with Crippen LogP contribution in [0.2, 0.25) is 0 Å². The van der Waals surface area contributed by atoms with Gasteiger partial charge in [0.2, 0.25) is 0 Å². The zero-order valence-electron chi connectivity index (χ0n) is 13.9. The van der Waals surface area contributed by atoms with Gasteiger partial charge in [-0.3, -0.25) is 4.90 Å². The van der Waals surface area contributed by atoms with Crippen molar-refractivity contribution in [3.8, 4) is 5.75 Å². The van der Waals surface area contributed by atoms with Gasteiger partial charge in [0.05, 0.1) is 7.11 Å². The van der Waals surface area contributed by atoms with Crippen LogP contribution in [-0.4, -0.2) is 56.2 Å². The molecule has 1 aromatic carbocycles. The van der Waals surface area contributed by atoms with Crippen LogP contribution in [0.5, 0.6) is 5.75 Å². The van der Waals surface area contributed by atoms with Crippen molar-refractivity contribution in [2.75, 3.05) is 34.3 Å². The molecule has 0 saturated carbocycles. The Balaban J connectivity index is 2.19. The maximum Gasteiger partial charge on any atom is 0.118 e. The average Bonchev–Trinajstić information content (AvgIpc) is 2.81. The summed E-state index contributed by atoms with van der Waals surface area (Å²) in [6, 6.07) is 9.29. The predicted molar refractivity (Wildman–Crippen MR) is 87.6 cm³/mol. The van der Waals surface area contributed by atoms with Crippen molar-refractivity contribution in [2.45, 2.75) is 32.0 Å². The first-order valence-corrected chi connectivity index (χ1v) is 7.74. The molecule has 4 unspecified atom stereocenters. The summed E-state index contributed by atoms with van der Waals surface area (Å²) in [5.74, 6) is 1.56. The molecule has 1 aliphatic heterocycles. The molecule has 0 aromatic heterocycles. The van der Waals surface area contributed by atoms with Crippen LogP contribution in [0.1, 0.15) is 25.5 Å². The molecule has 0 amide bonds. The van der Waals surface area contributed by atoms with E-state index in [4.69, 9.17) is 10.5 Å². The van der Waals surface area contributed by atoms with Crippen molar-refractivity contribution < 1.29 is 4.74 Å². The Bertz CT molecular complexity index is 444. The minimum absolute atomic E-state index is 0.103. The minimum Gasteiger partial charge on any atom is -0.497 e. The zero-order valence-corrected chi connectivity index (χ0v) is 13.9. The lowest BCUT2D eigenvalue weighted by atomic mass is 9.99. The number of methoxy groups -OCH3 is 1. The third kappa shape index (κ3) is 3.57. The maximum atomic E-state index is 6.30. The van der Waals surface area contributed by atoms with Crippen LogP contribution in [0.25, 0.3) is 0 Å². The van der Waals surface area contributed by atoms with Gasteiger partial charge in [0, 0.05) is 31.2 Å². The Labute approximate surface area is 128 Å². The molecule has 0 aliphatic carbocycles. The van der Waals surface area contributed by atoms with E-state index in [1.807, 2.05) is 12.1 Å². The Morgan fingerprint density at radius 1 is 1.24 bits per heavy atom. The van der Waals surface area contributed by atoms with Gasteiger partial charge in [-0.05, 0) is 44.6 Å². The molecular weight excluding hydrogens is 262 g/mol. The van der Waals surface area contributed by atoms with E-state index in [0.29, 0.717) is 12.0 Å². The fourth-order valence-electron chi connectivity index (χ4n) is 3.53. The highest BCUT2D eigenvalue weighted by Crippen LogP contribution is 2.31. The van der Waals surface area contributed by atoms with E-state index in [-0.39, 0.29) is 12.1 Å². The molecule has 4 atom stereocenters. The highest BCUT2D eigenvalue weighted by molar-refractivity contribution is 5.30. The van der Waals surface area contributed by atoms with Crippen LogP contribution in [0.3, 0.4) is 0 Å². The first-order chi connectivity index (χ1) is 9.93. The van der Waals surface area contributed by atoms with Crippen LogP contribution in [-0.2, 0) is 0 Å². The first-order valence-electron chi connectivity index (χ1n) is 7.74. The second-order valence-corrected chi connectivity index (χ2v) is 6.54. The molecule has 2 N–H and O–H groups in total. The molecule has 0 spiro atoms. The second kappa shape index (κ2) is 6.77. The molecular formula is C17H29N3O. The van der Waals surface area contributed by atoms with E-state index < -0.39 is 0 Å². The number of likely N-dealkylation sites (N-methyl/N-ethyl adjacent to an activating group) is 1. The van der Waals surface area contributed by atoms with E-state index in [2.05, 4.69) is 49.9 Å². The second-order valence-electron chi connectivity index (χ2n) is 6.54. The third-order valence-corrected chi connectivity index (χ3v) is 4.61. The van der Waals surface area contributed by atoms with Gasteiger partial charge in [-0.2, -0.15) is 0 Å². The van der Waals surface area contributed by atoms with Crippen LogP contribution >= 0.6 is 0 Å². The number of hydrogen-bond acceptors (Lipinski definition) is 4. The summed E-state index contributed by atoms with van der Waals surface area (Å²) in [5.41, 5.74) is 7.57. The summed E-state index contributed by atoms with van der Waals surface area (Å²) in [7, 11) is 6.03. The average molecular weight is 291 g/mol. The monoisotopic (exact) mass is 291 g/mol. The highest BCUT2D eigenvalue weighted by Gasteiger charge is 2.36. The van der Waals surface area contributed by atoms with Gasteiger partial charge in [-0.25, -0.2) is 0 Å². The minimum atomic E-state index is 0.103. The zero-order chi connectivity index (χ0) is 15.6. The lowest BCUT2D eigenvalue weighted by Crippen LogP contribution is -2.40. The maximum absolute atomic E-state index is 6.30. The molecule has 1 aromatic rings. The van der Waals surface area contributed by atoms with Crippen molar-refractivity contribution in [3.05, 3.63) is 29.8 Å². The smallest absolute Gasteiger partial charge is 0.118 e. The summed E-state index contributed by atoms with van der Waals surface area (Å²) >= 11 is 0.